The van der Waals surface area contributed by atoms with E-state index >= 15 is 0 Å². The molecule has 0 aromatic heterocycles. The van der Waals surface area contributed by atoms with Gasteiger partial charge < -0.3 is 15.5 Å². The predicted octanol–water partition coefficient (Wildman–Crippen LogP) is 0.243. The van der Waals surface area contributed by atoms with E-state index < -0.39 is 0 Å². The highest BCUT2D eigenvalue weighted by Gasteiger charge is 2.11. The molecule has 14 heavy (non-hydrogen) atoms. The van der Waals surface area contributed by atoms with E-state index in [0.29, 0.717) is 6.04 Å². The van der Waals surface area contributed by atoms with Crippen LogP contribution in [0.5, 0.6) is 0 Å². The van der Waals surface area contributed by atoms with Crippen molar-refractivity contribution in [1.29, 1.82) is 0 Å². The number of halogens is 1. The van der Waals surface area contributed by atoms with E-state index in [-0.39, 0.29) is 12.4 Å². The quantitative estimate of drug-likeness (QED) is 0.655. The zero-order chi connectivity index (χ0) is 9.52. The van der Waals surface area contributed by atoms with Gasteiger partial charge in [-0.15, -0.1) is 12.4 Å². The lowest BCUT2D eigenvalue weighted by Crippen LogP contribution is -2.42. The summed E-state index contributed by atoms with van der Waals surface area (Å²) in [6, 6.07) is 0.700. The minimum atomic E-state index is 0. The van der Waals surface area contributed by atoms with Crippen LogP contribution in [-0.4, -0.2) is 51.4 Å². The van der Waals surface area contributed by atoms with Crippen LogP contribution in [0.2, 0.25) is 0 Å². The zero-order valence-corrected chi connectivity index (χ0v) is 9.90. The molecule has 5 heteroatoms. The Morgan fingerprint density at radius 2 is 2.07 bits per heavy atom. The van der Waals surface area contributed by atoms with E-state index in [1.807, 2.05) is 12.1 Å². The summed E-state index contributed by atoms with van der Waals surface area (Å²) in [6.07, 6.45) is 2.49. The number of likely N-dealkylation sites (N-methyl/N-ethyl adjacent to an activating group) is 1. The van der Waals surface area contributed by atoms with Crippen LogP contribution in [0.3, 0.4) is 0 Å². The molecule has 1 saturated heterocycles. The fraction of sp³-hybridized carbons (Fsp3) is 1.00. The minimum Gasteiger partial charge on any atom is -0.317 e. The first-order valence-electron chi connectivity index (χ1n) is 5.02. The van der Waals surface area contributed by atoms with Gasteiger partial charge in [-0.05, 0) is 25.9 Å². The third-order valence-electron chi connectivity index (χ3n) is 2.51. The van der Waals surface area contributed by atoms with Gasteiger partial charge in [0.1, 0.15) is 0 Å². The molecule has 0 aromatic rings. The number of nitrogens with zero attached hydrogens (tertiary/aromatic N) is 1. The van der Waals surface area contributed by atoms with Crippen LogP contribution in [0.4, 0.5) is 0 Å². The second-order valence-corrected chi connectivity index (χ2v) is 3.51. The standard InChI is InChI=1S/C9H21N3O.ClH/c1-12(13-2)8-7-11-9-3-5-10-6-4-9;/h9-11H,3-8H2,1-2H3;1H. The molecule has 0 saturated carbocycles. The minimum absolute atomic E-state index is 0. The van der Waals surface area contributed by atoms with Gasteiger partial charge >= 0.3 is 0 Å². The van der Waals surface area contributed by atoms with Crippen LogP contribution in [0, 0.1) is 0 Å². The molecule has 0 atom stereocenters. The van der Waals surface area contributed by atoms with E-state index in [1.54, 1.807) is 7.11 Å². The Morgan fingerprint density at radius 1 is 1.43 bits per heavy atom. The molecule has 4 nitrogen and oxygen atoms in total. The highest BCUT2D eigenvalue weighted by Crippen LogP contribution is 2.00. The summed E-state index contributed by atoms with van der Waals surface area (Å²) in [5.74, 6) is 0. The third-order valence-corrected chi connectivity index (χ3v) is 2.51. The number of piperidine rings is 1. The van der Waals surface area contributed by atoms with Crippen molar-refractivity contribution in [3.63, 3.8) is 0 Å². The van der Waals surface area contributed by atoms with Crippen molar-refractivity contribution >= 4 is 12.4 Å². The number of nitrogens with one attached hydrogen (secondary N) is 2. The van der Waals surface area contributed by atoms with Crippen LogP contribution in [0.25, 0.3) is 0 Å². The zero-order valence-electron chi connectivity index (χ0n) is 9.08. The Hall–Kier alpha value is 0.130. The van der Waals surface area contributed by atoms with Crippen molar-refractivity contribution in [2.45, 2.75) is 18.9 Å². The maximum atomic E-state index is 5.02. The maximum absolute atomic E-state index is 5.02. The molecule has 1 aliphatic heterocycles. The molecule has 1 rings (SSSR count). The highest BCUT2D eigenvalue weighted by atomic mass is 35.5. The van der Waals surface area contributed by atoms with Gasteiger partial charge in [-0.25, -0.2) is 0 Å². The molecule has 0 aromatic carbocycles. The lowest BCUT2D eigenvalue weighted by Gasteiger charge is -2.24. The van der Waals surface area contributed by atoms with E-state index in [4.69, 9.17) is 4.84 Å². The summed E-state index contributed by atoms with van der Waals surface area (Å²) in [5, 5.41) is 8.72. The maximum Gasteiger partial charge on any atom is 0.0575 e. The Morgan fingerprint density at radius 3 is 2.64 bits per heavy atom. The van der Waals surface area contributed by atoms with Gasteiger partial charge in [0.15, 0.2) is 0 Å². The molecular weight excluding hydrogens is 202 g/mol. The Labute approximate surface area is 92.7 Å². The molecular formula is C9H22ClN3O. The topological polar surface area (TPSA) is 36.5 Å². The van der Waals surface area contributed by atoms with Crippen molar-refractivity contribution in [3.8, 4) is 0 Å². The molecule has 1 heterocycles. The summed E-state index contributed by atoms with van der Waals surface area (Å²) in [7, 11) is 3.65. The molecule has 1 fully saturated rings. The van der Waals surface area contributed by atoms with Crippen LogP contribution in [0.1, 0.15) is 12.8 Å². The van der Waals surface area contributed by atoms with Crippen LogP contribution in [-0.2, 0) is 4.84 Å². The monoisotopic (exact) mass is 223 g/mol. The summed E-state index contributed by atoms with van der Waals surface area (Å²) in [6.45, 7) is 4.25. The Bertz CT molecular complexity index is 131. The third kappa shape index (κ3) is 5.78. The summed E-state index contributed by atoms with van der Waals surface area (Å²) < 4.78 is 0. The van der Waals surface area contributed by atoms with Crippen LogP contribution in [0.15, 0.2) is 0 Å². The van der Waals surface area contributed by atoms with Crippen molar-refractivity contribution in [1.82, 2.24) is 15.7 Å². The van der Waals surface area contributed by atoms with Gasteiger partial charge in [-0.1, -0.05) is 0 Å². The summed E-state index contributed by atoms with van der Waals surface area (Å²) >= 11 is 0. The Balaban J connectivity index is 0.00000169. The highest BCUT2D eigenvalue weighted by molar-refractivity contribution is 5.85. The van der Waals surface area contributed by atoms with Gasteiger partial charge in [0.25, 0.3) is 0 Å². The summed E-state index contributed by atoms with van der Waals surface area (Å²) in [4.78, 5) is 5.02. The van der Waals surface area contributed by atoms with Crippen LogP contribution < -0.4 is 10.6 Å². The fourth-order valence-corrected chi connectivity index (χ4v) is 1.54. The smallest absolute Gasteiger partial charge is 0.0575 e. The van der Waals surface area contributed by atoms with Gasteiger partial charge in [0.05, 0.1) is 7.11 Å². The number of hydrogen-bond donors (Lipinski definition) is 2. The molecule has 0 bridgehead atoms. The lowest BCUT2D eigenvalue weighted by molar-refractivity contribution is -0.107. The molecule has 0 amide bonds. The van der Waals surface area contributed by atoms with Gasteiger partial charge in [-0.3, -0.25) is 0 Å². The normalized spacial score (nSPS) is 18.2. The average Bonchev–Trinajstić information content (AvgIpc) is 2.19. The number of hydrogen-bond acceptors (Lipinski definition) is 4. The molecule has 0 aliphatic carbocycles. The first-order chi connectivity index (χ1) is 6.33. The molecule has 0 unspecified atom stereocenters. The number of hydroxylamine groups is 2. The molecule has 1 aliphatic rings. The largest absolute Gasteiger partial charge is 0.317 e. The van der Waals surface area contributed by atoms with Gasteiger partial charge in [0, 0.05) is 26.2 Å². The number of rotatable bonds is 5. The molecule has 2 N–H and O–H groups in total. The molecule has 0 spiro atoms. The first kappa shape index (κ1) is 14.1. The Kier molecular flexibility index (Phi) is 8.52. The first-order valence-corrected chi connectivity index (χ1v) is 5.02. The van der Waals surface area contributed by atoms with E-state index in [2.05, 4.69) is 10.6 Å². The van der Waals surface area contributed by atoms with Crippen molar-refractivity contribution in [3.05, 3.63) is 0 Å². The van der Waals surface area contributed by atoms with Crippen LogP contribution >= 0.6 is 12.4 Å². The molecule has 86 valence electrons. The van der Waals surface area contributed by atoms with E-state index in [0.717, 1.165) is 26.2 Å². The second-order valence-electron chi connectivity index (χ2n) is 3.51. The average molecular weight is 224 g/mol. The fourth-order valence-electron chi connectivity index (χ4n) is 1.54. The lowest BCUT2D eigenvalue weighted by atomic mass is 10.1. The van der Waals surface area contributed by atoms with E-state index in [1.165, 1.54) is 12.8 Å². The van der Waals surface area contributed by atoms with Gasteiger partial charge in [0.2, 0.25) is 0 Å². The van der Waals surface area contributed by atoms with Crippen molar-refractivity contribution < 1.29 is 4.84 Å². The summed E-state index contributed by atoms with van der Waals surface area (Å²) in [5.41, 5.74) is 0. The van der Waals surface area contributed by atoms with Gasteiger partial charge in [-0.2, -0.15) is 5.06 Å². The van der Waals surface area contributed by atoms with Crippen molar-refractivity contribution in [2.75, 3.05) is 40.3 Å². The van der Waals surface area contributed by atoms with Crippen molar-refractivity contribution in [2.24, 2.45) is 0 Å². The second kappa shape index (κ2) is 8.44. The molecule has 0 radical (unpaired) electrons. The SMILES string of the molecule is CON(C)CCNC1CCNCC1.Cl. The predicted molar refractivity (Wildman–Crippen MR) is 60.8 cm³/mol. The van der Waals surface area contributed by atoms with E-state index in [9.17, 15) is 0 Å².